The molecule has 0 aliphatic heterocycles. The lowest BCUT2D eigenvalue weighted by Crippen LogP contribution is -2.21. The van der Waals surface area contributed by atoms with Crippen molar-refractivity contribution in [3.05, 3.63) is 120 Å². The van der Waals surface area contributed by atoms with Crippen molar-refractivity contribution < 1.29 is 13.6 Å². The summed E-state index contributed by atoms with van der Waals surface area (Å²) >= 11 is 0. The van der Waals surface area contributed by atoms with Crippen LogP contribution < -0.4 is 14.3 Å². The Kier molecular flexibility index (Phi) is 8.81. The first-order valence-electron chi connectivity index (χ1n) is 12.6. The molecule has 0 fully saturated rings. The summed E-state index contributed by atoms with van der Waals surface area (Å²) in [6.07, 6.45) is 6.52. The molecule has 0 N–H and O–H groups in total. The SMILES string of the molecule is CCN(CC)c1ccc(/C(=C2/C=CC(O[P+](=O)Oc3ccccc3)=CC2)c2ccc(N(C)C)cc2)cc1. The van der Waals surface area contributed by atoms with Crippen LogP contribution in [-0.2, 0) is 9.09 Å². The van der Waals surface area contributed by atoms with Gasteiger partial charge in [-0.05, 0) is 91.1 Å². The molecule has 3 aromatic carbocycles. The monoisotopic (exact) mass is 513 g/mol. The third-order valence-corrected chi connectivity index (χ3v) is 7.07. The van der Waals surface area contributed by atoms with E-state index in [4.69, 9.17) is 9.05 Å². The van der Waals surface area contributed by atoms with Gasteiger partial charge in [0.25, 0.3) is 0 Å². The Hall–Kier alpha value is -3.82. The maximum absolute atomic E-state index is 12.4. The van der Waals surface area contributed by atoms with Crippen LogP contribution in [0.4, 0.5) is 11.4 Å². The number of hydrogen-bond acceptors (Lipinski definition) is 5. The second-order valence-electron chi connectivity index (χ2n) is 8.92. The summed E-state index contributed by atoms with van der Waals surface area (Å²) in [7, 11) is 1.77. The summed E-state index contributed by atoms with van der Waals surface area (Å²) in [6.45, 7) is 6.30. The van der Waals surface area contributed by atoms with Crippen LogP contribution in [-0.4, -0.2) is 27.2 Å². The fourth-order valence-electron chi connectivity index (χ4n) is 4.35. The molecule has 0 radical (unpaired) electrons. The Balaban J connectivity index is 1.60. The van der Waals surface area contributed by atoms with Crippen LogP contribution in [0.2, 0.25) is 0 Å². The lowest BCUT2D eigenvalue weighted by atomic mass is 9.89. The van der Waals surface area contributed by atoms with Crippen molar-refractivity contribution in [1.29, 1.82) is 0 Å². The van der Waals surface area contributed by atoms with Crippen LogP contribution in [0.25, 0.3) is 5.57 Å². The molecule has 0 heterocycles. The van der Waals surface area contributed by atoms with Gasteiger partial charge in [-0.3, -0.25) is 0 Å². The molecule has 0 saturated heterocycles. The molecule has 1 unspecified atom stereocenters. The zero-order chi connectivity index (χ0) is 26.2. The Morgan fingerprint density at radius 1 is 0.784 bits per heavy atom. The number of rotatable bonds is 10. The predicted molar refractivity (Wildman–Crippen MR) is 154 cm³/mol. The van der Waals surface area contributed by atoms with E-state index in [9.17, 15) is 4.57 Å². The van der Waals surface area contributed by atoms with E-state index >= 15 is 0 Å². The van der Waals surface area contributed by atoms with Crippen molar-refractivity contribution in [2.75, 3.05) is 37.0 Å². The molecular formula is C31H34N2O3P+. The first-order chi connectivity index (χ1) is 18.0. The topological polar surface area (TPSA) is 42.0 Å². The van der Waals surface area contributed by atoms with E-state index in [1.54, 1.807) is 12.1 Å². The predicted octanol–water partition coefficient (Wildman–Crippen LogP) is 8.00. The number of para-hydroxylation sites is 1. The second kappa shape index (κ2) is 12.4. The zero-order valence-corrected chi connectivity index (χ0v) is 22.8. The number of nitrogens with zero attached hydrogens (tertiary/aromatic N) is 2. The highest BCUT2D eigenvalue weighted by atomic mass is 31.1. The summed E-state index contributed by atoms with van der Waals surface area (Å²) in [5, 5.41) is 0. The third kappa shape index (κ3) is 6.69. The molecule has 0 spiro atoms. The highest BCUT2D eigenvalue weighted by Crippen LogP contribution is 2.36. The van der Waals surface area contributed by atoms with Crippen molar-refractivity contribution in [3.63, 3.8) is 0 Å². The molecule has 5 nitrogen and oxygen atoms in total. The van der Waals surface area contributed by atoms with Crippen molar-refractivity contribution in [2.24, 2.45) is 0 Å². The van der Waals surface area contributed by atoms with Gasteiger partial charge in [0.05, 0.1) is 0 Å². The Morgan fingerprint density at radius 2 is 1.38 bits per heavy atom. The highest BCUT2D eigenvalue weighted by molar-refractivity contribution is 7.34. The molecule has 0 bridgehead atoms. The van der Waals surface area contributed by atoms with Crippen molar-refractivity contribution >= 4 is 25.2 Å². The molecule has 190 valence electrons. The Labute approximate surface area is 221 Å². The zero-order valence-electron chi connectivity index (χ0n) is 21.9. The van der Waals surface area contributed by atoms with E-state index < -0.39 is 8.25 Å². The minimum Gasteiger partial charge on any atom is -0.378 e. The molecule has 1 aliphatic carbocycles. The van der Waals surface area contributed by atoms with E-state index in [1.807, 2.05) is 44.4 Å². The summed E-state index contributed by atoms with van der Waals surface area (Å²) in [5.74, 6) is 1.06. The lowest BCUT2D eigenvalue weighted by molar-refractivity contribution is 0.365. The van der Waals surface area contributed by atoms with Gasteiger partial charge in [-0.1, -0.05) is 48.5 Å². The molecular weight excluding hydrogens is 479 g/mol. The van der Waals surface area contributed by atoms with Crippen molar-refractivity contribution in [3.8, 4) is 5.75 Å². The van der Waals surface area contributed by atoms with Gasteiger partial charge in [0, 0.05) is 43.1 Å². The first-order valence-corrected chi connectivity index (χ1v) is 13.7. The molecule has 0 aromatic heterocycles. The fourth-order valence-corrected chi connectivity index (χ4v) is 4.98. The van der Waals surface area contributed by atoms with Crippen LogP contribution in [0.5, 0.6) is 5.75 Å². The van der Waals surface area contributed by atoms with Crippen LogP contribution in [0, 0.1) is 0 Å². The van der Waals surface area contributed by atoms with Gasteiger partial charge in [-0.2, -0.15) is 0 Å². The minimum absolute atomic E-state index is 0.515. The second-order valence-corrected chi connectivity index (χ2v) is 9.74. The summed E-state index contributed by atoms with van der Waals surface area (Å²) in [5.41, 5.74) is 7.02. The van der Waals surface area contributed by atoms with Crippen molar-refractivity contribution in [2.45, 2.75) is 20.3 Å². The summed E-state index contributed by atoms with van der Waals surface area (Å²) in [4.78, 5) is 4.44. The standard InChI is InChI=1S/C31H34N2O3P/c1-5-33(6-2)28-20-14-25(15-21-28)31(24-12-18-27(19-13-24)32(3)4)26-16-22-30(23-17-26)36-37(34)35-29-10-8-7-9-11-29/h7-16,18-23H,5-6,17H2,1-4H3/q+1/b31-26-. The highest BCUT2D eigenvalue weighted by Gasteiger charge is 2.25. The van der Waals surface area contributed by atoms with Crippen molar-refractivity contribution in [1.82, 2.24) is 0 Å². The Bertz CT molecular complexity index is 1290. The minimum atomic E-state index is -2.32. The molecule has 0 saturated carbocycles. The van der Waals surface area contributed by atoms with E-state index in [-0.39, 0.29) is 0 Å². The van der Waals surface area contributed by atoms with Crippen LogP contribution in [0.3, 0.4) is 0 Å². The largest absolute Gasteiger partial charge is 0.805 e. The van der Waals surface area contributed by atoms with Gasteiger partial charge in [0.2, 0.25) is 0 Å². The van der Waals surface area contributed by atoms with Gasteiger partial charge in [0.15, 0.2) is 11.5 Å². The number of benzene rings is 3. The number of allylic oxidation sites excluding steroid dienone is 4. The maximum Gasteiger partial charge on any atom is 0.805 e. The molecule has 3 aromatic rings. The van der Waals surface area contributed by atoms with Gasteiger partial charge in [-0.15, -0.1) is 0 Å². The lowest BCUT2D eigenvalue weighted by Gasteiger charge is -2.22. The quantitative estimate of drug-likeness (QED) is 0.257. The van der Waals surface area contributed by atoms with Gasteiger partial charge < -0.3 is 9.80 Å². The molecule has 0 amide bonds. The number of anilines is 2. The fraction of sp³-hybridized carbons (Fsp3) is 0.226. The summed E-state index contributed by atoms with van der Waals surface area (Å²) in [6, 6.07) is 26.5. The van der Waals surface area contributed by atoms with Crippen LogP contribution >= 0.6 is 8.25 Å². The van der Waals surface area contributed by atoms with E-state index in [0.717, 1.165) is 29.9 Å². The van der Waals surface area contributed by atoms with Crippen LogP contribution in [0.1, 0.15) is 31.4 Å². The summed E-state index contributed by atoms with van der Waals surface area (Å²) < 4.78 is 23.3. The van der Waals surface area contributed by atoms with E-state index in [2.05, 4.69) is 78.3 Å². The Morgan fingerprint density at radius 3 is 1.89 bits per heavy atom. The average Bonchev–Trinajstić information content (AvgIpc) is 2.92. The molecule has 4 rings (SSSR count). The van der Waals surface area contributed by atoms with E-state index in [0.29, 0.717) is 17.9 Å². The normalized spacial score (nSPS) is 14.5. The third-order valence-electron chi connectivity index (χ3n) is 6.35. The molecule has 1 atom stereocenters. The van der Waals surface area contributed by atoms with Gasteiger partial charge in [0.1, 0.15) is 0 Å². The first kappa shape index (κ1) is 26.2. The molecule has 37 heavy (non-hydrogen) atoms. The van der Waals surface area contributed by atoms with Crippen LogP contribution in [0.15, 0.2) is 108 Å². The molecule has 6 heteroatoms. The van der Waals surface area contributed by atoms with E-state index in [1.165, 1.54) is 16.8 Å². The van der Waals surface area contributed by atoms with Gasteiger partial charge >= 0.3 is 8.25 Å². The number of hydrogen-bond donors (Lipinski definition) is 0. The van der Waals surface area contributed by atoms with Gasteiger partial charge in [-0.25, -0.2) is 9.05 Å². The average molecular weight is 514 g/mol. The maximum atomic E-state index is 12.4. The smallest absolute Gasteiger partial charge is 0.378 e. The molecule has 1 aliphatic rings.